The van der Waals surface area contributed by atoms with Crippen molar-refractivity contribution < 1.29 is 4.39 Å². The van der Waals surface area contributed by atoms with E-state index in [2.05, 4.69) is 54.2 Å². The number of nitrogens with zero attached hydrogens (tertiary/aromatic N) is 1. The Morgan fingerprint density at radius 3 is 2.35 bits per heavy atom. The SMILES string of the molecule is C[C@]12CC3CC(NCc4cn(Cc5ccc(F)cc5)c5ccccc45)(C1)C[C@@](C)(C3)C2. The Kier molecular flexibility index (Phi) is 4.21. The summed E-state index contributed by atoms with van der Waals surface area (Å²) in [6, 6.07) is 15.6. The van der Waals surface area contributed by atoms with Crippen molar-refractivity contribution in [3.05, 3.63) is 71.7 Å². The number of para-hydroxylation sites is 1. The van der Waals surface area contributed by atoms with Gasteiger partial charge in [-0.25, -0.2) is 4.39 Å². The maximum Gasteiger partial charge on any atom is 0.123 e. The van der Waals surface area contributed by atoms with Crippen molar-refractivity contribution in [3.8, 4) is 0 Å². The Balaban J connectivity index is 1.28. The summed E-state index contributed by atoms with van der Waals surface area (Å²) < 4.78 is 15.7. The number of benzene rings is 2. The Bertz CT molecular complexity index is 1110. The Labute approximate surface area is 184 Å². The number of hydrogen-bond acceptors (Lipinski definition) is 1. The van der Waals surface area contributed by atoms with E-state index < -0.39 is 0 Å². The van der Waals surface area contributed by atoms with Crippen molar-refractivity contribution in [2.24, 2.45) is 16.7 Å². The van der Waals surface area contributed by atoms with Crippen LogP contribution in [-0.4, -0.2) is 10.1 Å². The van der Waals surface area contributed by atoms with E-state index in [0.29, 0.717) is 16.4 Å². The predicted octanol–water partition coefficient (Wildman–Crippen LogP) is 6.67. The lowest BCUT2D eigenvalue weighted by atomic mass is 9.43. The highest BCUT2D eigenvalue weighted by Gasteiger charge is 2.59. The lowest BCUT2D eigenvalue weighted by molar-refractivity contribution is -0.118. The van der Waals surface area contributed by atoms with Crippen LogP contribution in [0.2, 0.25) is 0 Å². The number of hydrogen-bond donors (Lipinski definition) is 1. The lowest BCUT2D eigenvalue weighted by Gasteiger charge is -2.65. The third-order valence-electron chi connectivity index (χ3n) is 8.42. The van der Waals surface area contributed by atoms with Gasteiger partial charge in [0.15, 0.2) is 0 Å². The monoisotopic (exact) mass is 416 g/mol. The molecule has 0 saturated heterocycles. The predicted molar refractivity (Wildman–Crippen MR) is 124 cm³/mol. The molecule has 1 heterocycles. The molecule has 0 amide bonds. The van der Waals surface area contributed by atoms with Gasteiger partial charge in [0.05, 0.1) is 0 Å². The largest absolute Gasteiger partial charge is 0.343 e. The molecule has 2 unspecified atom stereocenters. The van der Waals surface area contributed by atoms with E-state index in [4.69, 9.17) is 0 Å². The van der Waals surface area contributed by atoms with Crippen LogP contribution in [0.25, 0.3) is 10.9 Å². The molecule has 162 valence electrons. The van der Waals surface area contributed by atoms with E-state index in [1.165, 1.54) is 55.0 Å². The van der Waals surface area contributed by atoms with Gasteiger partial charge < -0.3 is 9.88 Å². The number of aromatic nitrogens is 1. The van der Waals surface area contributed by atoms with Crippen LogP contribution in [0, 0.1) is 22.6 Å². The van der Waals surface area contributed by atoms with Gasteiger partial charge in [0.2, 0.25) is 0 Å². The van der Waals surface area contributed by atoms with E-state index in [1.807, 2.05) is 12.1 Å². The van der Waals surface area contributed by atoms with Crippen LogP contribution in [0.5, 0.6) is 0 Å². The number of fused-ring (bicyclic) bond motifs is 1. The number of nitrogens with one attached hydrogen (secondary N) is 1. The number of rotatable bonds is 5. The molecule has 4 saturated carbocycles. The zero-order valence-electron chi connectivity index (χ0n) is 18.8. The van der Waals surface area contributed by atoms with Gasteiger partial charge in [0, 0.05) is 35.7 Å². The van der Waals surface area contributed by atoms with Crippen molar-refractivity contribution in [2.75, 3.05) is 0 Å². The number of halogens is 1. The Morgan fingerprint density at radius 2 is 1.65 bits per heavy atom. The lowest BCUT2D eigenvalue weighted by Crippen LogP contribution is -2.63. The standard InChI is InChI=1S/C28H33FN2/c1-26-11-21-12-27(2,17-26)19-28(13-21,18-26)30-14-22-16-31(25-6-4-3-5-24(22)25)15-20-7-9-23(29)10-8-20/h3-10,16,21,30H,11-15,17-19H2,1-2H3/t21?,26-,27+,28?. The smallest absolute Gasteiger partial charge is 0.123 e. The minimum Gasteiger partial charge on any atom is -0.343 e. The molecule has 4 bridgehead atoms. The average Bonchev–Trinajstić information content (AvgIpc) is 3.03. The Morgan fingerprint density at radius 1 is 0.935 bits per heavy atom. The van der Waals surface area contributed by atoms with Gasteiger partial charge in [0.1, 0.15) is 5.82 Å². The van der Waals surface area contributed by atoms with Gasteiger partial charge in [-0.3, -0.25) is 0 Å². The maximum atomic E-state index is 13.3. The Hall–Kier alpha value is -2.13. The zero-order chi connectivity index (χ0) is 21.3. The molecule has 2 nitrogen and oxygen atoms in total. The molecular formula is C28H33FN2. The van der Waals surface area contributed by atoms with Crippen LogP contribution in [-0.2, 0) is 13.1 Å². The first-order chi connectivity index (χ1) is 14.8. The van der Waals surface area contributed by atoms with Gasteiger partial charge in [0.25, 0.3) is 0 Å². The maximum absolute atomic E-state index is 13.3. The second-order valence-electron chi connectivity index (χ2n) is 11.7. The van der Waals surface area contributed by atoms with Gasteiger partial charge in [-0.2, -0.15) is 0 Å². The molecule has 7 rings (SSSR count). The highest BCUT2D eigenvalue weighted by atomic mass is 19.1. The van der Waals surface area contributed by atoms with Gasteiger partial charge >= 0.3 is 0 Å². The molecule has 3 heteroatoms. The summed E-state index contributed by atoms with van der Waals surface area (Å²) in [5, 5.41) is 5.44. The first-order valence-corrected chi connectivity index (χ1v) is 11.9. The summed E-state index contributed by atoms with van der Waals surface area (Å²) in [6.45, 7) is 6.78. The summed E-state index contributed by atoms with van der Waals surface area (Å²) in [4.78, 5) is 0. The fourth-order valence-corrected chi connectivity index (χ4v) is 8.31. The van der Waals surface area contributed by atoms with Crippen LogP contribution >= 0.6 is 0 Å². The van der Waals surface area contributed by atoms with Crippen LogP contribution in [0.15, 0.2) is 54.7 Å². The molecule has 2 aromatic carbocycles. The van der Waals surface area contributed by atoms with Gasteiger partial charge in [-0.05, 0) is 84.6 Å². The fourth-order valence-electron chi connectivity index (χ4n) is 8.31. The minimum absolute atomic E-state index is 0.177. The second-order valence-corrected chi connectivity index (χ2v) is 11.7. The molecule has 3 aromatic rings. The average molecular weight is 417 g/mol. The van der Waals surface area contributed by atoms with Gasteiger partial charge in [-0.1, -0.05) is 44.2 Å². The fraction of sp³-hybridized carbons (Fsp3) is 0.500. The van der Waals surface area contributed by atoms with Crippen molar-refractivity contribution in [2.45, 2.75) is 71.0 Å². The van der Waals surface area contributed by atoms with Crippen LogP contribution in [0.3, 0.4) is 0 Å². The van der Waals surface area contributed by atoms with Crippen molar-refractivity contribution in [1.82, 2.24) is 9.88 Å². The van der Waals surface area contributed by atoms with Crippen LogP contribution in [0.1, 0.15) is 63.5 Å². The summed E-state index contributed by atoms with van der Waals surface area (Å²) in [5.41, 5.74) is 5.12. The third-order valence-corrected chi connectivity index (χ3v) is 8.42. The summed E-state index contributed by atoms with van der Waals surface area (Å²) >= 11 is 0. The summed E-state index contributed by atoms with van der Waals surface area (Å²) in [5.74, 6) is 0.725. The van der Waals surface area contributed by atoms with Crippen molar-refractivity contribution in [1.29, 1.82) is 0 Å². The van der Waals surface area contributed by atoms with E-state index in [9.17, 15) is 4.39 Å². The highest BCUT2D eigenvalue weighted by Crippen LogP contribution is 2.66. The van der Waals surface area contributed by atoms with Crippen LogP contribution in [0.4, 0.5) is 4.39 Å². The molecule has 4 atom stereocenters. The molecular weight excluding hydrogens is 383 g/mol. The molecule has 31 heavy (non-hydrogen) atoms. The van der Waals surface area contributed by atoms with Crippen molar-refractivity contribution in [3.63, 3.8) is 0 Å². The van der Waals surface area contributed by atoms with Crippen LogP contribution < -0.4 is 5.32 Å². The van der Waals surface area contributed by atoms with Gasteiger partial charge in [-0.15, -0.1) is 0 Å². The van der Waals surface area contributed by atoms with E-state index in [1.54, 1.807) is 12.1 Å². The molecule has 0 radical (unpaired) electrons. The zero-order valence-corrected chi connectivity index (χ0v) is 18.8. The minimum atomic E-state index is -0.177. The molecule has 0 aliphatic heterocycles. The molecule has 4 aliphatic carbocycles. The molecule has 4 fully saturated rings. The van der Waals surface area contributed by atoms with E-state index in [0.717, 1.165) is 24.6 Å². The molecule has 1 aromatic heterocycles. The first-order valence-electron chi connectivity index (χ1n) is 11.9. The topological polar surface area (TPSA) is 17.0 Å². The quantitative estimate of drug-likeness (QED) is 0.492. The third kappa shape index (κ3) is 3.42. The highest BCUT2D eigenvalue weighted by molar-refractivity contribution is 5.84. The summed E-state index contributed by atoms with van der Waals surface area (Å²) in [6.07, 6.45) is 10.6. The van der Waals surface area contributed by atoms with E-state index >= 15 is 0 Å². The second kappa shape index (κ2) is 6.68. The first kappa shape index (κ1) is 19.5. The molecule has 0 spiro atoms. The molecule has 4 aliphatic rings. The molecule has 1 N–H and O–H groups in total. The normalized spacial score (nSPS) is 34.0. The van der Waals surface area contributed by atoms with Crippen molar-refractivity contribution >= 4 is 10.9 Å². The van der Waals surface area contributed by atoms with E-state index in [-0.39, 0.29) is 5.82 Å². The summed E-state index contributed by atoms with van der Waals surface area (Å²) in [7, 11) is 0.